The number of carbonyl (C=O) groups is 1. The van der Waals surface area contributed by atoms with E-state index in [0.717, 1.165) is 39.1 Å². The van der Waals surface area contributed by atoms with Gasteiger partial charge in [-0.05, 0) is 45.5 Å². The Hall–Kier alpha value is -2.89. The second kappa shape index (κ2) is 9.94. The zero-order valence-electron chi connectivity index (χ0n) is 19.2. The van der Waals surface area contributed by atoms with Gasteiger partial charge in [-0.3, -0.25) is 9.69 Å². The lowest BCUT2D eigenvalue weighted by molar-refractivity contribution is -0.133. The number of H-pyrrole nitrogens is 1. The average molecular weight is 458 g/mol. The summed E-state index contributed by atoms with van der Waals surface area (Å²) in [6.07, 6.45) is 3.63. The molecule has 2 aromatic carbocycles. The molecule has 5 rings (SSSR count). The van der Waals surface area contributed by atoms with Crippen molar-refractivity contribution in [3.8, 4) is 0 Å². The number of amides is 1. The zero-order valence-corrected chi connectivity index (χ0v) is 20.0. The van der Waals surface area contributed by atoms with E-state index in [-0.39, 0.29) is 11.8 Å². The van der Waals surface area contributed by atoms with Gasteiger partial charge in [0.25, 0.3) is 0 Å². The van der Waals surface area contributed by atoms with Crippen molar-refractivity contribution in [1.29, 1.82) is 0 Å². The van der Waals surface area contributed by atoms with Crippen molar-refractivity contribution in [2.75, 3.05) is 26.2 Å². The van der Waals surface area contributed by atoms with E-state index in [1.54, 1.807) is 11.3 Å². The van der Waals surface area contributed by atoms with Gasteiger partial charge in [-0.15, -0.1) is 0 Å². The minimum absolute atomic E-state index is 0.0759. The Balaban J connectivity index is 1.30. The molecule has 3 heterocycles. The summed E-state index contributed by atoms with van der Waals surface area (Å²) in [7, 11) is 0. The van der Waals surface area contributed by atoms with Crippen molar-refractivity contribution in [1.82, 2.24) is 14.8 Å². The first-order valence-electron chi connectivity index (χ1n) is 11.9. The van der Waals surface area contributed by atoms with Gasteiger partial charge in [-0.1, -0.05) is 55.5 Å². The van der Waals surface area contributed by atoms with E-state index in [0.29, 0.717) is 6.42 Å². The van der Waals surface area contributed by atoms with Crippen LogP contribution in [-0.2, 0) is 17.8 Å². The maximum atomic E-state index is 13.4. The van der Waals surface area contributed by atoms with Crippen molar-refractivity contribution in [2.45, 2.75) is 32.2 Å². The molecule has 0 aliphatic carbocycles. The van der Waals surface area contributed by atoms with Gasteiger partial charge in [-0.25, -0.2) is 0 Å². The van der Waals surface area contributed by atoms with Gasteiger partial charge >= 0.3 is 0 Å². The minimum Gasteiger partial charge on any atom is -0.361 e. The number of rotatable bonds is 7. The SMILES string of the molecule is CCc1cccc2c(C(CC(=O)N3CCN(Cc4ccccc4)CC3)c3ccsc3)c[nH]c12. The Kier molecular flexibility index (Phi) is 6.60. The average Bonchev–Trinajstić information content (AvgIpc) is 3.54. The third-order valence-electron chi connectivity index (χ3n) is 6.89. The van der Waals surface area contributed by atoms with Crippen LogP contribution in [-0.4, -0.2) is 46.9 Å². The van der Waals surface area contributed by atoms with Gasteiger partial charge in [0, 0.05) is 62.2 Å². The summed E-state index contributed by atoms with van der Waals surface area (Å²) in [6, 6.07) is 19.3. The van der Waals surface area contributed by atoms with E-state index in [9.17, 15) is 4.79 Å². The number of nitrogens with zero attached hydrogens (tertiary/aromatic N) is 2. The zero-order chi connectivity index (χ0) is 22.6. The van der Waals surface area contributed by atoms with Gasteiger partial charge in [0.1, 0.15) is 0 Å². The lowest BCUT2D eigenvalue weighted by atomic mass is 9.89. The molecule has 1 fully saturated rings. The summed E-state index contributed by atoms with van der Waals surface area (Å²) in [5.74, 6) is 0.332. The molecule has 4 nitrogen and oxygen atoms in total. The Morgan fingerprint density at radius 2 is 1.85 bits per heavy atom. The van der Waals surface area contributed by atoms with Gasteiger partial charge < -0.3 is 9.88 Å². The molecule has 0 bridgehead atoms. The molecule has 1 aliphatic heterocycles. The summed E-state index contributed by atoms with van der Waals surface area (Å²) in [6.45, 7) is 6.60. The van der Waals surface area contributed by atoms with Crippen LogP contribution in [0.1, 0.15) is 41.5 Å². The third-order valence-corrected chi connectivity index (χ3v) is 7.59. The van der Waals surface area contributed by atoms with Crippen LogP contribution in [0.4, 0.5) is 0 Å². The monoisotopic (exact) mass is 457 g/mol. The van der Waals surface area contributed by atoms with Crippen molar-refractivity contribution in [3.63, 3.8) is 0 Å². The molecule has 5 heteroatoms. The number of thiophene rings is 1. The molecule has 33 heavy (non-hydrogen) atoms. The molecule has 0 saturated carbocycles. The number of nitrogens with one attached hydrogen (secondary N) is 1. The summed E-state index contributed by atoms with van der Waals surface area (Å²) < 4.78 is 0. The molecule has 0 spiro atoms. The van der Waals surface area contributed by atoms with E-state index in [1.807, 2.05) is 0 Å². The van der Waals surface area contributed by atoms with Gasteiger partial charge in [-0.2, -0.15) is 11.3 Å². The molecule has 1 amide bonds. The fourth-order valence-electron chi connectivity index (χ4n) is 5.00. The highest BCUT2D eigenvalue weighted by molar-refractivity contribution is 7.08. The molecule has 2 aromatic heterocycles. The van der Waals surface area contributed by atoms with Crippen LogP contribution in [0.25, 0.3) is 10.9 Å². The number of piperazine rings is 1. The largest absolute Gasteiger partial charge is 0.361 e. The highest BCUT2D eigenvalue weighted by Gasteiger charge is 2.27. The van der Waals surface area contributed by atoms with Gasteiger partial charge in [0.2, 0.25) is 5.91 Å². The lowest BCUT2D eigenvalue weighted by Crippen LogP contribution is -2.48. The maximum absolute atomic E-state index is 13.4. The molecule has 1 aliphatic rings. The van der Waals surface area contributed by atoms with Crippen LogP contribution in [0.3, 0.4) is 0 Å². The third kappa shape index (κ3) is 4.75. The number of aromatic nitrogens is 1. The Labute approximate surface area is 199 Å². The standard InChI is InChI=1S/C28H31N3OS/c1-2-22-9-6-10-24-26(18-29-28(22)24)25(23-11-16-33-20-23)17-27(32)31-14-12-30(13-15-31)19-21-7-4-3-5-8-21/h3-11,16,18,20,25,29H,2,12-15,17,19H2,1H3. The number of carbonyl (C=O) groups excluding carboxylic acids is 1. The second-order valence-corrected chi connectivity index (χ2v) is 9.67. The molecule has 1 atom stereocenters. The molecule has 0 radical (unpaired) electrons. The topological polar surface area (TPSA) is 39.3 Å². The number of aromatic amines is 1. The quantitative estimate of drug-likeness (QED) is 0.389. The first-order valence-corrected chi connectivity index (χ1v) is 12.8. The normalized spacial score (nSPS) is 15.7. The summed E-state index contributed by atoms with van der Waals surface area (Å²) in [5, 5.41) is 5.55. The first kappa shape index (κ1) is 21.9. The predicted octanol–water partition coefficient (Wildman–Crippen LogP) is 5.66. The molecular weight excluding hydrogens is 426 g/mol. The number of benzene rings is 2. The Morgan fingerprint density at radius 1 is 1.03 bits per heavy atom. The van der Waals surface area contributed by atoms with Crippen LogP contribution < -0.4 is 0 Å². The Bertz CT molecular complexity index is 1190. The van der Waals surface area contributed by atoms with E-state index >= 15 is 0 Å². The van der Waals surface area contributed by atoms with Crippen LogP contribution in [0, 0.1) is 0 Å². The fraction of sp³-hybridized carbons (Fsp3) is 0.321. The second-order valence-electron chi connectivity index (χ2n) is 8.89. The maximum Gasteiger partial charge on any atom is 0.223 e. The molecule has 170 valence electrons. The van der Waals surface area contributed by atoms with Gasteiger partial charge in [0.05, 0.1) is 0 Å². The van der Waals surface area contributed by atoms with E-state index in [4.69, 9.17) is 0 Å². The summed E-state index contributed by atoms with van der Waals surface area (Å²) >= 11 is 1.70. The predicted molar refractivity (Wildman–Crippen MR) is 137 cm³/mol. The van der Waals surface area contributed by atoms with Crippen molar-refractivity contribution in [3.05, 3.63) is 93.8 Å². The van der Waals surface area contributed by atoms with Crippen molar-refractivity contribution in [2.24, 2.45) is 0 Å². The first-order chi connectivity index (χ1) is 16.2. The number of para-hydroxylation sites is 1. The van der Waals surface area contributed by atoms with Crippen molar-refractivity contribution < 1.29 is 4.79 Å². The van der Waals surface area contributed by atoms with Crippen LogP contribution >= 0.6 is 11.3 Å². The van der Waals surface area contributed by atoms with E-state index < -0.39 is 0 Å². The number of hydrogen-bond acceptors (Lipinski definition) is 3. The molecular formula is C28H31N3OS. The number of aryl methyl sites for hydroxylation is 1. The molecule has 4 aromatic rings. The van der Waals surface area contributed by atoms with Crippen LogP contribution in [0.15, 0.2) is 71.6 Å². The molecule has 1 saturated heterocycles. The highest BCUT2D eigenvalue weighted by Crippen LogP contribution is 2.36. The summed E-state index contributed by atoms with van der Waals surface area (Å²) in [4.78, 5) is 21.4. The lowest BCUT2D eigenvalue weighted by Gasteiger charge is -2.35. The molecule has 1 N–H and O–H groups in total. The fourth-order valence-corrected chi connectivity index (χ4v) is 5.72. The minimum atomic E-state index is 0.0759. The van der Waals surface area contributed by atoms with Crippen molar-refractivity contribution >= 4 is 28.1 Å². The highest BCUT2D eigenvalue weighted by atomic mass is 32.1. The van der Waals surface area contributed by atoms with Crippen LogP contribution in [0.2, 0.25) is 0 Å². The van der Waals surface area contributed by atoms with Crippen LogP contribution in [0.5, 0.6) is 0 Å². The molecule has 1 unspecified atom stereocenters. The number of fused-ring (bicyclic) bond motifs is 1. The van der Waals surface area contributed by atoms with E-state index in [2.05, 4.69) is 93.3 Å². The Morgan fingerprint density at radius 3 is 2.58 bits per heavy atom. The number of hydrogen-bond donors (Lipinski definition) is 1. The van der Waals surface area contributed by atoms with E-state index in [1.165, 1.54) is 33.2 Å². The smallest absolute Gasteiger partial charge is 0.223 e. The van der Waals surface area contributed by atoms with Gasteiger partial charge in [0.15, 0.2) is 0 Å². The summed E-state index contributed by atoms with van der Waals surface area (Å²) in [5.41, 5.74) is 6.33.